The highest BCUT2D eigenvalue weighted by Gasteiger charge is 2.06. The summed E-state index contributed by atoms with van der Waals surface area (Å²) in [5, 5.41) is 0. The molecule has 2 nitrogen and oxygen atoms in total. The van der Waals surface area contributed by atoms with Gasteiger partial charge >= 0.3 is 5.97 Å². The molecule has 0 heterocycles. The lowest BCUT2D eigenvalue weighted by atomic mass is 10.1. The molecule has 0 aliphatic rings. The van der Waals surface area contributed by atoms with Gasteiger partial charge in [-0.1, -0.05) is 13.8 Å². The number of ether oxygens (including phenoxy) is 1. The van der Waals surface area contributed by atoms with Gasteiger partial charge in [0.2, 0.25) is 0 Å². The van der Waals surface area contributed by atoms with Crippen LogP contribution in [0.1, 0.15) is 30.6 Å². The summed E-state index contributed by atoms with van der Waals surface area (Å²) < 4.78 is 6.25. The summed E-state index contributed by atoms with van der Waals surface area (Å²) in [4.78, 5) is 11.5. The van der Waals surface area contributed by atoms with Crippen LogP contribution in [0.2, 0.25) is 0 Å². The van der Waals surface area contributed by atoms with E-state index >= 15 is 0 Å². The minimum absolute atomic E-state index is 0.230. The van der Waals surface area contributed by atoms with Crippen molar-refractivity contribution in [2.75, 3.05) is 6.61 Å². The molecule has 0 spiro atoms. The third-order valence-corrected chi connectivity index (χ3v) is 2.73. The lowest BCUT2D eigenvalue weighted by molar-refractivity contribution is 0.0488. The summed E-state index contributed by atoms with van der Waals surface area (Å²) in [7, 11) is 0. The smallest absolute Gasteiger partial charge is 0.338 e. The van der Waals surface area contributed by atoms with E-state index in [9.17, 15) is 4.79 Å². The number of rotatable bonds is 4. The van der Waals surface area contributed by atoms with Gasteiger partial charge in [0.15, 0.2) is 0 Å². The molecule has 1 aromatic carbocycles. The molecular formula is C12H15IO2. The van der Waals surface area contributed by atoms with Crippen molar-refractivity contribution in [2.24, 2.45) is 5.92 Å². The van der Waals surface area contributed by atoms with E-state index in [1.807, 2.05) is 12.1 Å². The highest BCUT2D eigenvalue weighted by molar-refractivity contribution is 14.1. The predicted molar refractivity (Wildman–Crippen MR) is 68.9 cm³/mol. The molecule has 0 bridgehead atoms. The van der Waals surface area contributed by atoms with Crippen LogP contribution in [0.5, 0.6) is 0 Å². The van der Waals surface area contributed by atoms with E-state index < -0.39 is 0 Å². The Morgan fingerprint density at radius 2 is 1.93 bits per heavy atom. The molecule has 0 saturated heterocycles. The Balaban J connectivity index is 2.43. The minimum Gasteiger partial charge on any atom is -0.462 e. The van der Waals surface area contributed by atoms with Gasteiger partial charge in [-0.2, -0.15) is 0 Å². The molecule has 0 atom stereocenters. The maximum atomic E-state index is 11.5. The number of carbonyl (C=O) groups excluding carboxylic acids is 1. The van der Waals surface area contributed by atoms with Gasteiger partial charge in [-0.15, -0.1) is 0 Å². The maximum Gasteiger partial charge on any atom is 0.338 e. The molecule has 0 N–H and O–H groups in total. The summed E-state index contributed by atoms with van der Waals surface area (Å²) in [5.41, 5.74) is 0.624. The summed E-state index contributed by atoms with van der Waals surface area (Å²) in [6.45, 7) is 4.72. The Morgan fingerprint density at radius 3 is 2.47 bits per heavy atom. The second-order valence-electron chi connectivity index (χ2n) is 3.83. The second kappa shape index (κ2) is 6.10. The Hall–Kier alpha value is -0.580. The van der Waals surface area contributed by atoms with Gasteiger partial charge in [0.05, 0.1) is 12.2 Å². The summed E-state index contributed by atoms with van der Waals surface area (Å²) in [6, 6.07) is 7.39. The van der Waals surface area contributed by atoms with Gasteiger partial charge < -0.3 is 4.74 Å². The van der Waals surface area contributed by atoms with Crippen LogP contribution in [0.15, 0.2) is 24.3 Å². The highest BCUT2D eigenvalue weighted by Crippen LogP contribution is 2.08. The highest BCUT2D eigenvalue weighted by atomic mass is 127. The van der Waals surface area contributed by atoms with Crippen LogP contribution in [0.3, 0.4) is 0 Å². The molecule has 0 aromatic heterocycles. The zero-order chi connectivity index (χ0) is 11.3. The fourth-order valence-corrected chi connectivity index (χ4v) is 1.42. The van der Waals surface area contributed by atoms with E-state index in [0.29, 0.717) is 18.1 Å². The van der Waals surface area contributed by atoms with Crippen LogP contribution in [-0.4, -0.2) is 12.6 Å². The lowest BCUT2D eigenvalue weighted by Gasteiger charge is -2.06. The Morgan fingerprint density at radius 1 is 1.33 bits per heavy atom. The van der Waals surface area contributed by atoms with Gasteiger partial charge in [0.1, 0.15) is 0 Å². The van der Waals surface area contributed by atoms with E-state index in [1.165, 1.54) is 0 Å². The first-order valence-electron chi connectivity index (χ1n) is 5.02. The molecular weight excluding hydrogens is 303 g/mol. The largest absolute Gasteiger partial charge is 0.462 e. The second-order valence-corrected chi connectivity index (χ2v) is 5.07. The molecule has 0 radical (unpaired) electrons. The molecule has 82 valence electrons. The number of hydrogen-bond acceptors (Lipinski definition) is 2. The van der Waals surface area contributed by atoms with Gasteiger partial charge in [-0.3, -0.25) is 0 Å². The van der Waals surface area contributed by atoms with Crippen molar-refractivity contribution in [1.29, 1.82) is 0 Å². The van der Waals surface area contributed by atoms with Gasteiger partial charge in [0.25, 0.3) is 0 Å². The summed E-state index contributed by atoms with van der Waals surface area (Å²) in [5.74, 6) is 0.335. The minimum atomic E-state index is -0.230. The maximum absolute atomic E-state index is 11.5. The van der Waals surface area contributed by atoms with Crippen molar-refractivity contribution in [2.45, 2.75) is 20.3 Å². The number of hydrogen-bond donors (Lipinski definition) is 0. The lowest BCUT2D eigenvalue weighted by Crippen LogP contribution is -2.07. The number of benzene rings is 1. The van der Waals surface area contributed by atoms with Crippen molar-refractivity contribution >= 4 is 28.6 Å². The monoisotopic (exact) mass is 318 g/mol. The summed E-state index contributed by atoms with van der Waals surface area (Å²) >= 11 is 2.21. The molecule has 1 rings (SSSR count). The molecule has 1 aromatic rings. The van der Waals surface area contributed by atoms with Gasteiger partial charge in [0, 0.05) is 3.57 Å². The fraction of sp³-hybridized carbons (Fsp3) is 0.417. The standard InChI is InChI=1S/C12H15IO2/c1-9(2)7-8-15-12(14)10-3-5-11(13)6-4-10/h3-6,9H,7-8H2,1-2H3. The van der Waals surface area contributed by atoms with Crippen LogP contribution >= 0.6 is 22.6 Å². The normalized spacial score (nSPS) is 10.4. The molecule has 3 heteroatoms. The molecule has 0 amide bonds. The zero-order valence-corrected chi connectivity index (χ0v) is 11.2. The number of carbonyl (C=O) groups is 1. The molecule has 0 aliphatic carbocycles. The first kappa shape index (κ1) is 12.5. The van der Waals surface area contributed by atoms with E-state index in [2.05, 4.69) is 36.4 Å². The van der Waals surface area contributed by atoms with Gasteiger partial charge in [-0.05, 0) is 59.2 Å². The van der Waals surface area contributed by atoms with Crippen molar-refractivity contribution in [1.82, 2.24) is 0 Å². The van der Waals surface area contributed by atoms with Gasteiger partial charge in [-0.25, -0.2) is 4.79 Å². The van der Waals surface area contributed by atoms with E-state index in [4.69, 9.17) is 4.74 Å². The molecule has 0 fully saturated rings. The number of halogens is 1. The predicted octanol–water partition coefficient (Wildman–Crippen LogP) is 3.49. The first-order chi connectivity index (χ1) is 7.09. The van der Waals surface area contributed by atoms with Crippen LogP contribution in [0, 0.1) is 9.49 Å². The van der Waals surface area contributed by atoms with E-state index in [1.54, 1.807) is 12.1 Å². The van der Waals surface area contributed by atoms with Crippen molar-refractivity contribution in [3.05, 3.63) is 33.4 Å². The van der Waals surface area contributed by atoms with Crippen molar-refractivity contribution in [3.8, 4) is 0 Å². The van der Waals surface area contributed by atoms with Crippen molar-refractivity contribution in [3.63, 3.8) is 0 Å². The molecule has 0 unspecified atom stereocenters. The van der Waals surface area contributed by atoms with E-state index in [0.717, 1.165) is 9.99 Å². The Labute approximate surface area is 104 Å². The average Bonchev–Trinajstić information content (AvgIpc) is 2.18. The van der Waals surface area contributed by atoms with Crippen LogP contribution in [0.25, 0.3) is 0 Å². The van der Waals surface area contributed by atoms with Crippen LogP contribution < -0.4 is 0 Å². The quantitative estimate of drug-likeness (QED) is 0.627. The molecule has 15 heavy (non-hydrogen) atoms. The Kier molecular flexibility index (Phi) is 5.08. The Bertz CT molecular complexity index is 317. The van der Waals surface area contributed by atoms with Crippen LogP contribution in [0.4, 0.5) is 0 Å². The van der Waals surface area contributed by atoms with Crippen LogP contribution in [-0.2, 0) is 4.74 Å². The summed E-state index contributed by atoms with van der Waals surface area (Å²) in [6.07, 6.45) is 0.913. The third-order valence-electron chi connectivity index (χ3n) is 2.01. The fourth-order valence-electron chi connectivity index (χ4n) is 1.06. The third kappa shape index (κ3) is 4.64. The SMILES string of the molecule is CC(C)CCOC(=O)c1ccc(I)cc1. The molecule has 0 aliphatic heterocycles. The zero-order valence-electron chi connectivity index (χ0n) is 9.00. The first-order valence-corrected chi connectivity index (χ1v) is 6.10. The van der Waals surface area contributed by atoms with E-state index in [-0.39, 0.29) is 5.97 Å². The number of esters is 1. The average molecular weight is 318 g/mol. The molecule has 0 saturated carbocycles. The van der Waals surface area contributed by atoms with Crippen molar-refractivity contribution < 1.29 is 9.53 Å². The topological polar surface area (TPSA) is 26.3 Å².